The number of anilines is 1. The number of morpholine rings is 1. The molecule has 2 saturated heterocycles. The molecule has 0 bridgehead atoms. The molecule has 5 nitrogen and oxygen atoms in total. The van der Waals surface area contributed by atoms with Gasteiger partial charge >= 0.3 is 5.97 Å². The first-order valence-electron chi connectivity index (χ1n) is 6.35. The van der Waals surface area contributed by atoms with Crippen molar-refractivity contribution < 1.29 is 19.0 Å². The maximum atomic E-state index is 14.1. The molecule has 1 aromatic carbocycles. The number of carboxylic acid groups (broad SMARTS) is 1. The molecule has 108 valence electrons. The van der Waals surface area contributed by atoms with E-state index in [-0.39, 0.29) is 22.3 Å². The Kier molecular flexibility index (Phi) is 3.54. The maximum absolute atomic E-state index is 14.1. The number of fused-ring (bicyclic) bond motifs is 1. The normalized spacial score (nSPS) is 22.9. The first-order chi connectivity index (χ1) is 9.56. The molecule has 0 saturated carbocycles. The van der Waals surface area contributed by atoms with Crippen molar-refractivity contribution in [3.8, 4) is 0 Å². The van der Waals surface area contributed by atoms with E-state index in [4.69, 9.17) is 21.4 Å². The molecule has 2 fully saturated rings. The van der Waals surface area contributed by atoms with Gasteiger partial charge in [0, 0.05) is 13.1 Å². The highest BCUT2D eigenvalue weighted by Gasteiger charge is 2.34. The molecule has 20 heavy (non-hydrogen) atoms. The van der Waals surface area contributed by atoms with Crippen molar-refractivity contribution in [1.82, 2.24) is 4.90 Å². The van der Waals surface area contributed by atoms with Crippen LogP contribution in [0.4, 0.5) is 10.1 Å². The smallest absolute Gasteiger partial charge is 0.337 e. The lowest BCUT2D eigenvalue weighted by Gasteiger charge is -2.27. The monoisotopic (exact) mass is 300 g/mol. The summed E-state index contributed by atoms with van der Waals surface area (Å²) in [5.41, 5.74) is 0.199. The largest absolute Gasteiger partial charge is 0.478 e. The van der Waals surface area contributed by atoms with Gasteiger partial charge in [-0.2, -0.15) is 0 Å². The van der Waals surface area contributed by atoms with Crippen molar-refractivity contribution in [1.29, 1.82) is 0 Å². The van der Waals surface area contributed by atoms with Crippen LogP contribution in [-0.2, 0) is 4.74 Å². The van der Waals surface area contributed by atoms with Crippen molar-refractivity contribution in [2.24, 2.45) is 0 Å². The van der Waals surface area contributed by atoms with E-state index in [1.165, 1.54) is 6.07 Å². The highest BCUT2D eigenvalue weighted by Crippen LogP contribution is 2.30. The molecule has 0 amide bonds. The fourth-order valence-corrected chi connectivity index (χ4v) is 2.92. The van der Waals surface area contributed by atoms with Crippen LogP contribution < -0.4 is 4.90 Å². The molecule has 2 heterocycles. The van der Waals surface area contributed by atoms with Crippen LogP contribution >= 0.6 is 11.6 Å². The first-order valence-corrected chi connectivity index (χ1v) is 6.73. The lowest BCUT2D eigenvalue weighted by Crippen LogP contribution is -2.41. The Bertz CT molecular complexity index is 541. The summed E-state index contributed by atoms with van der Waals surface area (Å²) >= 11 is 5.76. The van der Waals surface area contributed by atoms with Crippen molar-refractivity contribution >= 4 is 23.3 Å². The summed E-state index contributed by atoms with van der Waals surface area (Å²) in [5, 5.41) is 8.99. The van der Waals surface area contributed by atoms with Crippen LogP contribution in [0, 0.1) is 5.82 Å². The highest BCUT2D eigenvalue weighted by molar-refractivity contribution is 6.33. The minimum Gasteiger partial charge on any atom is -0.478 e. The second kappa shape index (κ2) is 5.20. The predicted molar refractivity (Wildman–Crippen MR) is 71.9 cm³/mol. The summed E-state index contributed by atoms with van der Waals surface area (Å²) in [5.74, 6) is -1.66. The summed E-state index contributed by atoms with van der Waals surface area (Å²) < 4.78 is 19.5. The minimum absolute atomic E-state index is 0.0795. The van der Waals surface area contributed by atoms with Gasteiger partial charge in [0.2, 0.25) is 0 Å². The lowest BCUT2D eigenvalue weighted by molar-refractivity contribution is 0.0163. The number of ether oxygens (including phenoxy) is 1. The zero-order valence-corrected chi connectivity index (χ0v) is 11.4. The Morgan fingerprint density at radius 2 is 2.30 bits per heavy atom. The Balaban J connectivity index is 1.90. The molecule has 1 unspecified atom stereocenters. The molecule has 3 rings (SSSR count). The topological polar surface area (TPSA) is 53.0 Å². The second-order valence-electron chi connectivity index (χ2n) is 4.99. The van der Waals surface area contributed by atoms with Crippen LogP contribution in [0.3, 0.4) is 0 Å². The average Bonchev–Trinajstić information content (AvgIpc) is 2.81. The number of carbonyl (C=O) groups is 1. The average molecular weight is 301 g/mol. The third-order valence-corrected chi connectivity index (χ3v) is 4.05. The summed E-state index contributed by atoms with van der Waals surface area (Å²) in [6.45, 7) is 3.30. The van der Waals surface area contributed by atoms with Crippen molar-refractivity contribution in [2.75, 3.05) is 37.9 Å². The van der Waals surface area contributed by atoms with Crippen LogP contribution in [0.2, 0.25) is 5.02 Å². The standard InChI is InChI=1S/C13H14ClFN2O3/c14-10-4-11(15)12(3-9(10)13(18)19)17-5-8-6-20-2-1-16(8)7-17/h3-4,8H,1-2,5-7H2,(H,18,19). The summed E-state index contributed by atoms with van der Waals surface area (Å²) in [7, 11) is 0. The van der Waals surface area contributed by atoms with E-state index in [9.17, 15) is 9.18 Å². The molecule has 2 aliphatic heterocycles. The number of carboxylic acids is 1. The molecule has 0 spiro atoms. The molecule has 0 aromatic heterocycles. The first kappa shape index (κ1) is 13.6. The van der Waals surface area contributed by atoms with E-state index >= 15 is 0 Å². The van der Waals surface area contributed by atoms with Crippen LogP contribution in [0.15, 0.2) is 12.1 Å². The van der Waals surface area contributed by atoms with E-state index in [0.717, 1.165) is 12.6 Å². The number of aromatic carboxylic acids is 1. The zero-order valence-electron chi connectivity index (χ0n) is 10.7. The fourth-order valence-electron chi connectivity index (χ4n) is 2.69. The van der Waals surface area contributed by atoms with Gasteiger partial charge in [0.1, 0.15) is 5.82 Å². The van der Waals surface area contributed by atoms with Gasteiger partial charge in [0.15, 0.2) is 0 Å². The number of hydrogen-bond acceptors (Lipinski definition) is 4. The Labute approximate surface area is 120 Å². The molecular weight excluding hydrogens is 287 g/mol. The molecule has 0 aliphatic carbocycles. The molecule has 1 aromatic rings. The number of benzene rings is 1. The zero-order chi connectivity index (χ0) is 14.3. The second-order valence-corrected chi connectivity index (χ2v) is 5.40. The third kappa shape index (κ3) is 2.34. The van der Waals surface area contributed by atoms with Crippen LogP contribution in [-0.4, -0.2) is 55.0 Å². The van der Waals surface area contributed by atoms with E-state index in [1.54, 1.807) is 0 Å². The van der Waals surface area contributed by atoms with E-state index in [0.29, 0.717) is 26.4 Å². The van der Waals surface area contributed by atoms with Gasteiger partial charge in [-0.25, -0.2) is 9.18 Å². The quantitative estimate of drug-likeness (QED) is 0.900. The molecule has 1 atom stereocenters. The van der Waals surface area contributed by atoms with Gasteiger partial charge in [-0.1, -0.05) is 11.6 Å². The van der Waals surface area contributed by atoms with E-state index in [1.807, 2.05) is 4.90 Å². The number of nitrogens with zero attached hydrogens (tertiary/aromatic N) is 2. The summed E-state index contributed by atoms with van der Waals surface area (Å²) in [4.78, 5) is 15.1. The van der Waals surface area contributed by atoms with Gasteiger partial charge in [-0.3, -0.25) is 4.90 Å². The molecule has 0 radical (unpaired) electrons. The van der Waals surface area contributed by atoms with E-state index < -0.39 is 11.8 Å². The Hall–Kier alpha value is -1.37. The molecule has 7 heteroatoms. The van der Waals surface area contributed by atoms with Crippen LogP contribution in [0.25, 0.3) is 0 Å². The van der Waals surface area contributed by atoms with Crippen molar-refractivity contribution in [2.45, 2.75) is 6.04 Å². The molecule has 2 aliphatic rings. The Morgan fingerprint density at radius 1 is 1.50 bits per heavy atom. The van der Waals surface area contributed by atoms with Gasteiger partial charge < -0.3 is 14.7 Å². The number of rotatable bonds is 2. The van der Waals surface area contributed by atoms with Crippen molar-refractivity contribution in [3.63, 3.8) is 0 Å². The van der Waals surface area contributed by atoms with Gasteiger partial charge in [0.05, 0.1) is 42.2 Å². The van der Waals surface area contributed by atoms with Crippen molar-refractivity contribution in [3.05, 3.63) is 28.5 Å². The van der Waals surface area contributed by atoms with Gasteiger partial charge in [-0.05, 0) is 12.1 Å². The lowest BCUT2D eigenvalue weighted by atomic mass is 10.1. The SMILES string of the molecule is O=C(O)c1cc(N2CC3COCCN3C2)c(F)cc1Cl. The summed E-state index contributed by atoms with van der Waals surface area (Å²) in [6.07, 6.45) is 0. The predicted octanol–water partition coefficient (Wildman–Crippen LogP) is 1.66. The van der Waals surface area contributed by atoms with Crippen LogP contribution in [0.1, 0.15) is 10.4 Å². The Morgan fingerprint density at radius 3 is 3.00 bits per heavy atom. The number of hydrogen-bond donors (Lipinski definition) is 1. The molecule has 1 N–H and O–H groups in total. The summed E-state index contributed by atoms with van der Waals surface area (Å²) in [6, 6.07) is 2.60. The van der Waals surface area contributed by atoms with E-state index in [2.05, 4.69) is 4.90 Å². The minimum atomic E-state index is -1.16. The van der Waals surface area contributed by atoms with Gasteiger partial charge in [-0.15, -0.1) is 0 Å². The molecular formula is C13H14ClFN2O3. The van der Waals surface area contributed by atoms with Gasteiger partial charge in [0.25, 0.3) is 0 Å². The van der Waals surface area contributed by atoms with Crippen LogP contribution in [0.5, 0.6) is 0 Å². The fraction of sp³-hybridized carbons (Fsp3) is 0.462. The maximum Gasteiger partial charge on any atom is 0.337 e. The number of halogens is 2. The highest BCUT2D eigenvalue weighted by atomic mass is 35.5. The third-order valence-electron chi connectivity index (χ3n) is 3.74.